The lowest BCUT2D eigenvalue weighted by molar-refractivity contribution is -0.118. The van der Waals surface area contributed by atoms with Gasteiger partial charge >= 0.3 is 0 Å². The number of carbonyl (C=O) groups is 1. The average molecular weight is 268 g/mol. The zero-order valence-corrected chi connectivity index (χ0v) is 11.7. The lowest BCUT2D eigenvalue weighted by Crippen LogP contribution is -2.24. The van der Waals surface area contributed by atoms with Crippen molar-refractivity contribution in [1.29, 1.82) is 0 Å². The Labute approximate surface area is 120 Å². The molecule has 0 aromatic heterocycles. The number of anilines is 1. The van der Waals surface area contributed by atoms with E-state index in [0.717, 1.165) is 12.1 Å². The lowest BCUT2D eigenvalue weighted by Gasteiger charge is -2.20. The van der Waals surface area contributed by atoms with E-state index in [2.05, 4.69) is 22.8 Å². The fourth-order valence-corrected chi connectivity index (χ4v) is 2.14. The average Bonchev–Trinajstić information content (AvgIpc) is 2.48. The Kier molecular flexibility index (Phi) is 5.18. The Bertz CT molecular complexity index is 525. The minimum atomic E-state index is 0.0107. The molecule has 2 aromatic carbocycles. The van der Waals surface area contributed by atoms with Gasteiger partial charge in [-0.1, -0.05) is 48.5 Å². The van der Waals surface area contributed by atoms with Crippen LogP contribution in [0.25, 0.3) is 0 Å². The monoisotopic (exact) mass is 268 g/mol. The number of amides is 1. The van der Waals surface area contributed by atoms with Crippen LogP contribution in [-0.4, -0.2) is 12.5 Å². The number of carbonyl (C=O) groups excluding carboxylic acids is 1. The summed E-state index contributed by atoms with van der Waals surface area (Å²) in [6.45, 7) is 2.21. The lowest BCUT2D eigenvalue weighted by atomic mass is 10.0. The molecule has 0 aliphatic heterocycles. The zero-order chi connectivity index (χ0) is 14.2. The second-order valence-electron chi connectivity index (χ2n) is 4.75. The quantitative estimate of drug-likeness (QED) is 0.843. The highest BCUT2D eigenvalue weighted by Crippen LogP contribution is 2.22. The van der Waals surface area contributed by atoms with Gasteiger partial charge in [0.25, 0.3) is 0 Å². The molecule has 3 heteroatoms. The van der Waals surface area contributed by atoms with Gasteiger partial charge in [0.1, 0.15) is 0 Å². The van der Waals surface area contributed by atoms with Crippen molar-refractivity contribution in [3.63, 3.8) is 0 Å². The Balaban J connectivity index is 2.06. The molecule has 0 aliphatic carbocycles. The molecule has 2 rings (SSSR count). The molecule has 0 spiro atoms. The van der Waals surface area contributed by atoms with E-state index in [0.29, 0.717) is 6.54 Å². The highest BCUT2D eigenvalue weighted by Gasteiger charge is 2.10. The molecular formula is C17H20N2O. The highest BCUT2D eigenvalue weighted by atomic mass is 16.1. The first-order valence-corrected chi connectivity index (χ1v) is 6.86. The van der Waals surface area contributed by atoms with E-state index < -0.39 is 0 Å². The Morgan fingerprint density at radius 1 is 1.00 bits per heavy atom. The van der Waals surface area contributed by atoms with E-state index in [-0.39, 0.29) is 11.9 Å². The van der Waals surface area contributed by atoms with Crippen molar-refractivity contribution < 1.29 is 4.79 Å². The summed E-state index contributed by atoms with van der Waals surface area (Å²) >= 11 is 0. The Hall–Kier alpha value is -2.29. The number of para-hydroxylation sites is 1. The van der Waals surface area contributed by atoms with Crippen molar-refractivity contribution in [3.05, 3.63) is 66.2 Å². The van der Waals surface area contributed by atoms with Crippen LogP contribution in [0.3, 0.4) is 0 Å². The molecule has 0 heterocycles. The standard InChI is InChI=1S/C17H20N2O/c1-14(20)18-13-12-17(15-8-4-2-5-9-15)19-16-10-6-3-7-11-16/h2-11,17,19H,12-13H2,1H3,(H,18,20). The summed E-state index contributed by atoms with van der Waals surface area (Å²) in [7, 11) is 0. The summed E-state index contributed by atoms with van der Waals surface area (Å²) in [6, 6.07) is 20.6. The fraction of sp³-hybridized carbons (Fsp3) is 0.235. The van der Waals surface area contributed by atoms with Gasteiger partial charge in [-0.3, -0.25) is 4.79 Å². The summed E-state index contributed by atoms with van der Waals surface area (Å²) in [5, 5.41) is 6.37. The van der Waals surface area contributed by atoms with Gasteiger partial charge in [0.15, 0.2) is 0 Å². The topological polar surface area (TPSA) is 41.1 Å². The largest absolute Gasteiger partial charge is 0.378 e. The third-order valence-electron chi connectivity index (χ3n) is 3.12. The maximum absolute atomic E-state index is 11.0. The highest BCUT2D eigenvalue weighted by molar-refractivity contribution is 5.72. The van der Waals surface area contributed by atoms with Gasteiger partial charge in [0.05, 0.1) is 6.04 Å². The maximum Gasteiger partial charge on any atom is 0.216 e. The van der Waals surface area contributed by atoms with Crippen LogP contribution in [0.5, 0.6) is 0 Å². The first-order valence-electron chi connectivity index (χ1n) is 6.86. The third kappa shape index (κ3) is 4.43. The van der Waals surface area contributed by atoms with Crippen LogP contribution < -0.4 is 10.6 Å². The molecule has 1 amide bonds. The molecule has 20 heavy (non-hydrogen) atoms. The van der Waals surface area contributed by atoms with Crippen LogP contribution in [0.15, 0.2) is 60.7 Å². The minimum Gasteiger partial charge on any atom is -0.378 e. The van der Waals surface area contributed by atoms with Gasteiger partial charge in [0.2, 0.25) is 5.91 Å². The number of hydrogen-bond acceptors (Lipinski definition) is 2. The molecule has 0 aliphatic rings. The summed E-state index contributed by atoms with van der Waals surface area (Å²) < 4.78 is 0. The molecule has 3 nitrogen and oxygen atoms in total. The Morgan fingerprint density at radius 2 is 1.60 bits per heavy atom. The van der Waals surface area contributed by atoms with Crippen LogP contribution >= 0.6 is 0 Å². The smallest absolute Gasteiger partial charge is 0.216 e. The van der Waals surface area contributed by atoms with Crippen LogP contribution in [0, 0.1) is 0 Å². The molecule has 0 saturated heterocycles. The summed E-state index contributed by atoms with van der Waals surface area (Å²) in [6.07, 6.45) is 0.846. The summed E-state index contributed by atoms with van der Waals surface area (Å²) in [5.41, 5.74) is 2.31. The van der Waals surface area contributed by atoms with Crippen molar-refractivity contribution >= 4 is 11.6 Å². The molecule has 2 aromatic rings. The van der Waals surface area contributed by atoms with Gasteiger partial charge in [-0.25, -0.2) is 0 Å². The minimum absolute atomic E-state index is 0.0107. The van der Waals surface area contributed by atoms with Crippen LogP contribution in [0.1, 0.15) is 24.9 Å². The molecular weight excluding hydrogens is 248 g/mol. The third-order valence-corrected chi connectivity index (χ3v) is 3.12. The molecule has 0 bridgehead atoms. The van der Waals surface area contributed by atoms with Gasteiger partial charge in [-0.05, 0) is 24.1 Å². The van der Waals surface area contributed by atoms with Crippen molar-refractivity contribution in [2.24, 2.45) is 0 Å². The SMILES string of the molecule is CC(=O)NCCC(Nc1ccccc1)c1ccccc1. The van der Waals surface area contributed by atoms with E-state index in [9.17, 15) is 4.79 Å². The molecule has 1 atom stereocenters. The van der Waals surface area contributed by atoms with Crippen LogP contribution in [-0.2, 0) is 4.79 Å². The number of benzene rings is 2. The van der Waals surface area contributed by atoms with Crippen molar-refractivity contribution in [3.8, 4) is 0 Å². The fourth-order valence-electron chi connectivity index (χ4n) is 2.14. The van der Waals surface area contributed by atoms with Gasteiger partial charge in [0, 0.05) is 19.2 Å². The summed E-state index contributed by atoms with van der Waals surface area (Å²) in [5.74, 6) is 0.0107. The molecule has 0 radical (unpaired) electrons. The van der Waals surface area contributed by atoms with E-state index in [1.54, 1.807) is 6.92 Å². The van der Waals surface area contributed by atoms with Crippen molar-refractivity contribution in [2.75, 3.05) is 11.9 Å². The molecule has 0 saturated carbocycles. The van der Waals surface area contributed by atoms with Crippen molar-refractivity contribution in [1.82, 2.24) is 5.32 Å². The van der Waals surface area contributed by atoms with Gasteiger partial charge in [-0.15, -0.1) is 0 Å². The predicted molar refractivity (Wildman–Crippen MR) is 82.5 cm³/mol. The van der Waals surface area contributed by atoms with E-state index in [1.165, 1.54) is 5.56 Å². The van der Waals surface area contributed by atoms with Crippen molar-refractivity contribution in [2.45, 2.75) is 19.4 Å². The first-order chi connectivity index (χ1) is 9.75. The summed E-state index contributed by atoms with van der Waals surface area (Å²) in [4.78, 5) is 11.0. The van der Waals surface area contributed by atoms with Gasteiger partial charge in [-0.2, -0.15) is 0 Å². The molecule has 104 valence electrons. The number of nitrogens with one attached hydrogen (secondary N) is 2. The van der Waals surface area contributed by atoms with Crippen LogP contribution in [0.2, 0.25) is 0 Å². The molecule has 2 N–H and O–H groups in total. The van der Waals surface area contributed by atoms with E-state index in [1.807, 2.05) is 48.5 Å². The first kappa shape index (κ1) is 14.1. The second-order valence-corrected chi connectivity index (χ2v) is 4.75. The Morgan fingerprint density at radius 3 is 2.20 bits per heavy atom. The number of rotatable bonds is 6. The van der Waals surface area contributed by atoms with Gasteiger partial charge < -0.3 is 10.6 Å². The zero-order valence-electron chi connectivity index (χ0n) is 11.7. The van der Waals surface area contributed by atoms with E-state index in [4.69, 9.17) is 0 Å². The predicted octanol–water partition coefficient (Wildman–Crippen LogP) is 3.37. The normalized spacial score (nSPS) is 11.7. The maximum atomic E-state index is 11.0. The second kappa shape index (κ2) is 7.34. The van der Waals surface area contributed by atoms with E-state index >= 15 is 0 Å². The molecule has 0 fully saturated rings. The number of hydrogen-bond donors (Lipinski definition) is 2. The molecule has 1 unspecified atom stereocenters. The van der Waals surface area contributed by atoms with Crippen LogP contribution in [0.4, 0.5) is 5.69 Å².